The summed E-state index contributed by atoms with van der Waals surface area (Å²) in [5.74, 6) is 1.77. The molecule has 84 heavy (non-hydrogen) atoms. The quantitative estimate of drug-likeness (QED) is 0.167. The molecule has 7 heterocycles. The van der Waals surface area contributed by atoms with Crippen LogP contribution in [0.5, 0.6) is 0 Å². The standard InChI is InChI=1S/C75H42N6S3/c1-7-28-61-49(22-1)55-40-70-58(52-25-4-10-31-67(52)82-70)37-64(55)79(61)46-19-13-16-43(34-46)73-76-74(44-17-14-20-47(35-44)80-62-29-8-2-23-50(62)56-41-71-59(38-65(56)80)53-26-5-11-32-68(53)83-71)78-75(77-73)45-18-15-21-48(36-45)81-63-30-9-3-24-51(63)57-42-72-60(39-66(57)81)54-27-6-12-33-69(54)84-72/h1-42H. The lowest BCUT2D eigenvalue weighted by Gasteiger charge is -2.14. The number of fused-ring (bicyclic) bond motifs is 18. The van der Waals surface area contributed by atoms with Crippen LogP contribution >= 0.6 is 34.0 Å². The van der Waals surface area contributed by atoms with Crippen LogP contribution in [-0.4, -0.2) is 28.7 Å². The van der Waals surface area contributed by atoms with Crippen molar-refractivity contribution in [1.29, 1.82) is 0 Å². The molecule has 0 aliphatic rings. The second-order valence-corrected chi connectivity index (χ2v) is 25.2. The molecule has 0 amide bonds. The van der Waals surface area contributed by atoms with Crippen LogP contribution < -0.4 is 0 Å². The van der Waals surface area contributed by atoms with Gasteiger partial charge in [-0.1, -0.05) is 146 Å². The minimum atomic E-state index is 0.590. The van der Waals surface area contributed by atoms with Gasteiger partial charge in [-0.05, 0) is 109 Å². The molecule has 12 aromatic carbocycles. The van der Waals surface area contributed by atoms with E-state index in [9.17, 15) is 0 Å². The van der Waals surface area contributed by atoms with Gasteiger partial charge in [-0.2, -0.15) is 0 Å². The van der Waals surface area contributed by atoms with E-state index in [1.165, 1.54) is 92.8 Å². The molecule has 0 unspecified atom stereocenters. The molecule has 19 aromatic rings. The summed E-state index contributed by atoms with van der Waals surface area (Å²) in [4.78, 5) is 16.5. The lowest BCUT2D eigenvalue weighted by molar-refractivity contribution is 1.07. The second kappa shape index (κ2) is 17.6. The molecule has 6 nitrogen and oxygen atoms in total. The zero-order valence-electron chi connectivity index (χ0n) is 44.7. The molecule has 0 N–H and O–H groups in total. The van der Waals surface area contributed by atoms with Crippen LogP contribution in [0, 0.1) is 0 Å². The molecule has 7 aromatic heterocycles. The van der Waals surface area contributed by atoms with Gasteiger partial charge in [0, 0.05) is 127 Å². The van der Waals surface area contributed by atoms with Gasteiger partial charge in [0.1, 0.15) is 0 Å². The van der Waals surface area contributed by atoms with Gasteiger partial charge in [0.05, 0.1) is 33.1 Å². The Bertz CT molecular complexity index is 5430. The summed E-state index contributed by atoms with van der Waals surface area (Å²) in [5, 5.41) is 15.0. The number of hydrogen-bond acceptors (Lipinski definition) is 6. The van der Waals surface area contributed by atoms with E-state index in [2.05, 4.69) is 268 Å². The van der Waals surface area contributed by atoms with Gasteiger partial charge in [0.25, 0.3) is 0 Å². The van der Waals surface area contributed by atoms with Gasteiger partial charge >= 0.3 is 0 Å². The summed E-state index contributed by atoms with van der Waals surface area (Å²) >= 11 is 5.57. The number of rotatable bonds is 6. The molecule has 390 valence electrons. The molecule has 0 saturated heterocycles. The largest absolute Gasteiger partial charge is 0.309 e. The van der Waals surface area contributed by atoms with Crippen molar-refractivity contribution in [3.63, 3.8) is 0 Å². The smallest absolute Gasteiger partial charge is 0.164 e. The highest BCUT2D eigenvalue weighted by Gasteiger charge is 2.22. The van der Waals surface area contributed by atoms with Gasteiger partial charge < -0.3 is 13.7 Å². The fourth-order valence-electron chi connectivity index (χ4n) is 13.5. The molecule has 0 fully saturated rings. The van der Waals surface area contributed by atoms with Crippen molar-refractivity contribution in [3.05, 3.63) is 255 Å². The maximum Gasteiger partial charge on any atom is 0.164 e. The van der Waals surface area contributed by atoms with Crippen molar-refractivity contribution in [2.24, 2.45) is 0 Å². The monoisotopic (exact) mass is 1120 g/mol. The Labute approximate surface area is 491 Å². The summed E-state index contributed by atoms with van der Waals surface area (Å²) in [6, 6.07) is 93.1. The fourth-order valence-corrected chi connectivity index (χ4v) is 16.9. The number of benzene rings is 12. The summed E-state index contributed by atoms with van der Waals surface area (Å²) in [6.45, 7) is 0. The van der Waals surface area contributed by atoms with Crippen molar-refractivity contribution in [3.8, 4) is 51.2 Å². The first-order valence-corrected chi connectivity index (χ1v) is 30.7. The van der Waals surface area contributed by atoms with E-state index in [4.69, 9.17) is 15.0 Å². The van der Waals surface area contributed by atoms with Crippen LogP contribution in [0.1, 0.15) is 0 Å². The van der Waals surface area contributed by atoms with Crippen LogP contribution in [-0.2, 0) is 0 Å². The van der Waals surface area contributed by atoms with Crippen molar-refractivity contribution in [2.45, 2.75) is 0 Å². The SMILES string of the molecule is c1cc(-c2nc(-c3cccc(-n4c5ccccc5c5cc6sc7ccccc7c6cc54)c3)nc(-c3cccc(-n4c5ccccc5c5cc6sc7ccccc7c6cc54)c3)n2)cc(-n2c3ccccc3c3cc4sc5ccccc5c4cc32)c1. The van der Waals surface area contributed by atoms with Crippen molar-refractivity contribution >= 4 is 160 Å². The Morgan fingerprint density at radius 2 is 0.488 bits per heavy atom. The van der Waals surface area contributed by atoms with Crippen LogP contribution in [0.3, 0.4) is 0 Å². The fraction of sp³-hybridized carbons (Fsp3) is 0. The minimum absolute atomic E-state index is 0.590. The topological polar surface area (TPSA) is 53.5 Å². The number of aromatic nitrogens is 6. The zero-order valence-corrected chi connectivity index (χ0v) is 47.1. The molecule has 9 heteroatoms. The highest BCUT2D eigenvalue weighted by Crippen LogP contribution is 2.45. The predicted octanol–water partition coefficient (Wildman–Crippen LogP) is 21.3. The van der Waals surface area contributed by atoms with Gasteiger partial charge in [0.2, 0.25) is 0 Å². The number of hydrogen-bond donors (Lipinski definition) is 0. The van der Waals surface area contributed by atoms with E-state index in [1.54, 1.807) is 0 Å². The average molecular weight is 1120 g/mol. The van der Waals surface area contributed by atoms with Gasteiger partial charge in [-0.15, -0.1) is 34.0 Å². The van der Waals surface area contributed by atoms with E-state index in [0.717, 1.165) is 66.9 Å². The lowest BCUT2D eigenvalue weighted by Crippen LogP contribution is -2.02. The van der Waals surface area contributed by atoms with Crippen LogP contribution in [0.25, 0.3) is 177 Å². The predicted molar refractivity (Wildman–Crippen MR) is 358 cm³/mol. The van der Waals surface area contributed by atoms with Crippen molar-refractivity contribution in [2.75, 3.05) is 0 Å². The Balaban J connectivity index is 0.819. The Hall–Kier alpha value is -10.3. The summed E-state index contributed by atoms with van der Waals surface area (Å²) in [6.07, 6.45) is 0. The van der Waals surface area contributed by atoms with Gasteiger partial charge in [0.15, 0.2) is 17.5 Å². The maximum absolute atomic E-state index is 5.49. The average Bonchev–Trinajstić information content (AvgIpc) is 3.98. The zero-order chi connectivity index (χ0) is 54.7. The number of nitrogens with zero attached hydrogens (tertiary/aromatic N) is 6. The molecule has 0 radical (unpaired) electrons. The van der Waals surface area contributed by atoms with Crippen LogP contribution in [0.4, 0.5) is 0 Å². The van der Waals surface area contributed by atoms with Gasteiger partial charge in [-0.3, -0.25) is 0 Å². The highest BCUT2D eigenvalue weighted by atomic mass is 32.1. The van der Waals surface area contributed by atoms with E-state index in [0.29, 0.717) is 17.5 Å². The minimum Gasteiger partial charge on any atom is -0.309 e. The maximum atomic E-state index is 5.49. The third-order valence-corrected chi connectivity index (χ3v) is 20.6. The van der Waals surface area contributed by atoms with E-state index in [-0.39, 0.29) is 0 Å². The van der Waals surface area contributed by atoms with E-state index >= 15 is 0 Å². The highest BCUT2D eigenvalue weighted by molar-refractivity contribution is 7.26. The van der Waals surface area contributed by atoms with Gasteiger partial charge in [-0.25, -0.2) is 15.0 Å². The third kappa shape index (κ3) is 6.79. The van der Waals surface area contributed by atoms with Crippen LogP contribution in [0.2, 0.25) is 0 Å². The first kappa shape index (κ1) is 46.3. The molecule has 19 rings (SSSR count). The Kier molecular flexibility index (Phi) is 9.71. The summed E-state index contributed by atoms with van der Waals surface area (Å²) < 4.78 is 15.0. The second-order valence-electron chi connectivity index (χ2n) is 21.9. The van der Waals surface area contributed by atoms with E-state index < -0.39 is 0 Å². The third-order valence-electron chi connectivity index (χ3n) is 17.2. The number of thiophene rings is 3. The molecule has 0 saturated carbocycles. The first-order chi connectivity index (χ1) is 41.6. The molecule has 0 bridgehead atoms. The first-order valence-electron chi connectivity index (χ1n) is 28.2. The van der Waals surface area contributed by atoms with Crippen molar-refractivity contribution < 1.29 is 0 Å². The molecule has 0 aliphatic heterocycles. The Morgan fingerprint density at radius 1 is 0.202 bits per heavy atom. The molecule has 0 spiro atoms. The summed E-state index contributed by atoms with van der Waals surface area (Å²) in [5.41, 5.74) is 12.7. The molecular formula is C75H42N6S3. The molecule has 0 atom stereocenters. The van der Waals surface area contributed by atoms with Crippen LogP contribution in [0.15, 0.2) is 255 Å². The summed E-state index contributed by atoms with van der Waals surface area (Å²) in [7, 11) is 0. The lowest BCUT2D eigenvalue weighted by atomic mass is 10.1. The van der Waals surface area contributed by atoms with Crippen molar-refractivity contribution in [1.82, 2.24) is 28.7 Å². The molecular weight excluding hydrogens is 1080 g/mol. The normalized spacial score (nSPS) is 12.3. The molecule has 0 aliphatic carbocycles. The number of para-hydroxylation sites is 3. The Morgan fingerprint density at radius 3 is 0.810 bits per heavy atom. The van der Waals surface area contributed by atoms with E-state index in [1.807, 2.05) is 34.0 Å².